The van der Waals surface area contributed by atoms with Crippen LogP contribution >= 0.6 is 0 Å². The molecule has 0 unspecified atom stereocenters. The van der Waals surface area contributed by atoms with E-state index >= 15 is 57.5 Å². The van der Waals surface area contributed by atoms with Crippen LogP contribution in [0.1, 0.15) is 25.7 Å². The predicted molar refractivity (Wildman–Crippen MR) is 229 cm³/mol. The van der Waals surface area contributed by atoms with E-state index in [1.54, 1.807) is 0 Å². The number of carbonyl (C=O) groups is 12. The highest BCUT2D eigenvalue weighted by Gasteiger charge is 2.83. The van der Waals surface area contributed by atoms with Crippen LogP contribution in [0.4, 0.5) is 57.5 Å². The van der Waals surface area contributed by atoms with Gasteiger partial charge in [0.05, 0.1) is 0 Å². The van der Waals surface area contributed by atoms with E-state index < -0.39 is 225 Å². The third-order valence-electron chi connectivity index (χ3n) is 20.9. The van der Waals surface area contributed by atoms with E-state index in [0.717, 1.165) is 0 Å². The van der Waals surface area contributed by atoms with Crippen molar-refractivity contribution in [3.63, 3.8) is 0 Å². The van der Waals surface area contributed by atoms with Gasteiger partial charge in [0, 0.05) is 0 Å². The predicted octanol–water partition coefficient (Wildman–Crippen LogP) is -4.35. The molecule has 394 valence electrons. The monoisotopic (exact) mass is 1050 g/mol. The second kappa shape index (κ2) is 11.4. The number of rotatable bonds is 0. The number of urea groups is 12. The van der Waals surface area contributed by atoms with Crippen LogP contribution in [0.5, 0.6) is 0 Å². The first-order chi connectivity index (χ1) is 36.7. The lowest BCUT2D eigenvalue weighted by Crippen LogP contribution is -2.74. The van der Waals surface area contributed by atoms with Crippen LogP contribution in [0.25, 0.3) is 0 Å². The van der Waals surface area contributed by atoms with Crippen LogP contribution in [0.15, 0.2) is 0 Å². The third-order valence-corrected chi connectivity index (χ3v) is 20.9. The first-order valence-electron chi connectivity index (χ1n) is 25.6. The maximum absolute atomic E-state index is 15.9. The van der Waals surface area contributed by atoms with Gasteiger partial charge in [0.25, 0.3) is 0 Å². The highest BCUT2D eigenvalue weighted by molar-refractivity contribution is 5.96. The van der Waals surface area contributed by atoms with Crippen molar-refractivity contribution in [2.24, 2.45) is 0 Å². The summed E-state index contributed by atoms with van der Waals surface area (Å²) in [5, 5.41) is 0. The molecular weight excluding hydrogens is 1010 g/mol. The summed E-state index contributed by atoms with van der Waals surface area (Å²) in [6, 6.07) is -7.67. The Labute approximate surface area is 425 Å². The highest BCUT2D eigenvalue weighted by Crippen LogP contribution is 2.62. The van der Waals surface area contributed by atoms with E-state index in [0.29, 0.717) is 12.8 Å². The Hall–Kier alpha value is -8.76. The topological polar surface area (TPSA) is 283 Å². The Kier molecular flexibility index (Phi) is 5.95. The molecule has 36 nitrogen and oxygen atoms in total. The molecule has 0 aromatic heterocycles. The molecule has 0 N–H and O–H groups in total. The van der Waals surface area contributed by atoms with Crippen molar-refractivity contribution >= 4 is 72.4 Å². The van der Waals surface area contributed by atoms with Gasteiger partial charge in [-0.2, -0.15) is 0 Å². The van der Waals surface area contributed by atoms with Crippen LogP contribution in [-0.2, 0) is 0 Å². The van der Waals surface area contributed by atoms with Gasteiger partial charge in [-0.15, -0.1) is 0 Å². The molecule has 76 heavy (non-hydrogen) atoms. The van der Waals surface area contributed by atoms with Gasteiger partial charge in [-0.25, -0.2) is 57.5 Å². The van der Waals surface area contributed by atoms with Crippen molar-refractivity contribution in [1.29, 1.82) is 0 Å². The average molecular weight is 1050 g/mol. The van der Waals surface area contributed by atoms with Crippen LogP contribution in [-0.4, -0.2) is 343 Å². The first kappa shape index (κ1) is 39.7. The largest absolute Gasteiger partial charge is 0.326 e. The molecule has 18 saturated heterocycles. The van der Waals surface area contributed by atoms with Crippen molar-refractivity contribution in [3.05, 3.63) is 0 Å². The molecule has 0 bridgehead atoms. The number of hydrogen-bond acceptors (Lipinski definition) is 12. The van der Waals surface area contributed by atoms with Gasteiger partial charge in [0.1, 0.15) is 80.0 Å². The Bertz CT molecular complexity index is 2780. The summed E-state index contributed by atoms with van der Waals surface area (Å²) in [6.45, 7) is -5.41. The Morgan fingerprint density at radius 2 is 0.329 bits per heavy atom. The molecule has 2 spiro atoms. The second-order valence-corrected chi connectivity index (χ2v) is 23.2. The van der Waals surface area contributed by atoms with Gasteiger partial charge in [-0.05, 0) is 25.7 Å². The maximum atomic E-state index is 15.9. The molecule has 0 aromatic carbocycles. The Balaban J connectivity index is 0.825. The molecule has 1 saturated carbocycles. The number of amides is 24. The first-order valence-corrected chi connectivity index (χ1v) is 25.6. The van der Waals surface area contributed by atoms with E-state index in [-0.39, 0.29) is 12.8 Å². The van der Waals surface area contributed by atoms with E-state index in [1.165, 1.54) is 118 Å². The fraction of sp³-hybridized carbons (Fsp3) is 0.700. The minimum Gasteiger partial charge on any atom is -0.282 e. The van der Waals surface area contributed by atoms with Crippen molar-refractivity contribution in [3.8, 4) is 0 Å². The molecular formula is C40H42N24O12. The van der Waals surface area contributed by atoms with Crippen molar-refractivity contribution < 1.29 is 57.5 Å². The molecule has 0 radical (unpaired) electrons. The van der Waals surface area contributed by atoms with Crippen LogP contribution in [0, 0.1) is 0 Å². The average Bonchev–Trinajstić information content (AvgIpc) is 4.16. The number of nitrogens with zero attached hydrogens (tertiary/aromatic N) is 24. The fourth-order valence-electron chi connectivity index (χ4n) is 18.1. The third kappa shape index (κ3) is 3.50. The molecule has 0 aromatic rings. The molecule has 18 heterocycles. The fourth-order valence-corrected chi connectivity index (χ4v) is 18.1. The summed E-state index contributed by atoms with van der Waals surface area (Å²) < 4.78 is 0. The van der Waals surface area contributed by atoms with E-state index in [1.807, 2.05) is 0 Å². The lowest BCUT2D eigenvalue weighted by molar-refractivity contribution is -0.144. The number of hydrogen-bond donors (Lipinski definition) is 0. The molecule has 19 aliphatic rings. The van der Waals surface area contributed by atoms with Gasteiger partial charge in [-0.3, -0.25) is 118 Å². The quantitative estimate of drug-likeness (QED) is 0.223. The highest BCUT2D eigenvalue weighted by atomic mass is 16.3. The smallest absolute Gasteiger partial charge is 0.282 e. The molecule has 36 heteroatoms. The van der Waals surface area contributed by atoms with Gasteiger partial charge in [0.15, 0.2) is 73.0 Å². The summed E-state index contributed by atoms with van der Waals surface area (Å²) in [6.07, 6.45) is -10.3. The minimum atomic E-state index is -1.58. The molecule has 0 atom stereocenters. The van der Waals surface area contributed by atoms with Crippen LogP contribution in [0.3, 0.4) is 0 Å². The lowest BCUT2D eigenvalue weighted by Gasteiger charge is -2.55. The zero-order valence-electron chi connectivity index (χ0n) is 39.7. The zero-order valence-corrected chi connectivity index (χ0v) is 39.7. The van der Waals surface area contributed by atoms with Crippen LogP contribution in [0.2, 0.25) is 0 Å². The molecule has 1 aliphatic carbocycles. The molecule has 18 aliphatic heterocycles. The summed E-state index contributed by atoms with van der Waals surface area (Å²) in [5.41, 5.74) is -3.16. The Morgan fingerprint density at radius 1 is 0.197 bits per heavy atom. The normalized spacial score (nSPS) is 41.7. The minimum absolute atomic E-state index is 0.188. The van der Waals surface area contributed by atoms with Gasteiger partial charge >= 0.3 is 72.4 Å². The zero-order chi connectivity index (χ0) is 50.9. The lowest BCUT2D eigenvalue weighted by atomic mass is 9.77. The second-order valence-electron chi connectivity index (χ2n) is 23.2. The van der Waals surface area contributed by atoms with E-state index in [2.05, 4.69) is 0 Å². The van der Waals surface area contributed by atoms with Crippen molar-refractivity contribution in [2.75, 3.05) is 80.0 Å². The molecule has 19 rings (SSSR count). The van der Waals surface area contributed by atoms with Crippen LogP contribution < -0.4 is 0 Å². The Morgan fingerprint density at radius 3 is 0.474 bits per heavy atom. The van der Waals surface area contributed by atoms with E-state index in [9.17, 15) is 0 Å². The van der Waals surface area contributed by atoms with E-state index in [4.69, 9.17) is 0 Å². The number of carbonyl (C=O) groups excluding carboxylic acids is 12. The molecule has 19 fully saturated rings. The van der Waals surface area contributed by atoms with Crippen molar-refractivity contribution in [1.82, 2.24) is 118 Å². The summed E-state index contributed by atoms with van der Waals surface area (Å²) in [4.78, 5) is 218. The maximum Gasteiger partial charge on any atom is 0.326 e. The summed E-state index contributed by atoms with van der Waals surface area (Å²) in [5.74, 6) is 0. The SMILES string of the molecule is O=C1N2CN3C(=O)N4CN5C(=O)N6CN7C(=O)N8CN9C(=O)N%10CN%11C(=O)N%12CN1C1C2N2CN%13C(=O)N(CN%14C(=O)N(CN%15C(=O)N(CN%16C(=O)N(CN%17C(=O)N(CN1C2=O)C%12C%11%17)C%10C9%16)C81CCCCC7%151)C6C5%14)C4C3%13. The van der Waals surface area contributed by atoms with Crippen molar-refractivity contribution in [2.45, 2.75) is 98.7 Å². The molecule has 24 amide bonds. The summed E-state index contributed by atoms with van der Waals surface area (Å²) >= 11 is 0. The van der Waals surface area contributed by atoms with Gasteiger partial charge in [0.2, 0.25) is 0 Å². The summed E-state index contributed by atoms with van der Waals surface area (Å²) in [7, 11) is 0. The van der Waals surface area contributed by atoms with Gasteiger partial charge in [-0.1, -0.05) is 0 Å². The van der Waals surface area contributed by atoms with Gasteiger partial charge < -0.3 is 0 Å². The standard InChI is InChI=1S/C40H42N24O12/c65-27-41-5-45-19-21-49(29(45)67)9-53-23-25-57(33(53)71)13-61-37(75)63-15-59-26-24-55(35(59)73)11-51-22-20-47(31(51)69)7-43(27)18-17(41)42-6-46(19)30(68)50(21)10-54(23)34(72)58(25)14-62-38(76)64(40(63)4-2-1-3-39(40,61)62)16-60(26)36(74)56(24)12-52(22)32(70)48(20)8-44(18)28(42)66/h17-26H,1-16H2.